The van der Waals surface area contributed by atoms with E-state index in [0.717, 1.165) is 6.61 Å². The Morgan fingerprint density at radius 3 is 2.88 bits per heavy atom. The number of benzene rings is 1. The van der Waals surface area contributed by atoms with Crippen LogP contribution in [0, 0.1) is 0 Å². The van der Waals surface area contributed by atoms with E-state index in [1.54, 1.807) is 0 Å². The van der Waals surface area contributed by atoms with Crippen LogP contribution in [0.5, 0.6) is 0 Å². The van der Waals surface area contributed by atoms with Crippen molar-refractivity contribution < 1.29 is 4.74 Å². The number of likely N-dealkylation sites (N-methyl/N-ethyl adjacent to an activating group) is 1. The molecule has 0 bridgehead atoms. The first-order valence-electron chi connectivity index (χ1n) is 6.40. The average molecular weight is 231 g/mol. The maximum Gasteiger partial charge on any atom is 0.103 e. The van der Waals surface area contributed by atoms with E-state index < -0.39 is 0 Å². The van der Waals surface area contributed by atoms with Gasteiger partial charge in [0.2, 0.25) is 0 Å². The molecule has 2 nitrogen and oxygen atoms in total. The van der Waals surface area contributed by atoms with Crippen LogP contribution in [-0.2, 0) is 4.74 Å². The summed E-state index contributed by atoms with van der Waals surface area (Å²) >= 11 is 0. The maximum absolute atomic E-state index is 5.63. The minimum Gasteiger partial charge on any atom is -0.500 e. The molecule has 17 heavy (non-hydrogen) atoms. The largest absolute Gasteiger partial charge is 0.500 e. The van der Waals surface area contributed by atoms with Crippen molar-refractivity contribution in [3.05, 3.63) is 42.2 Å². The fourth-order valence-corrected chi connectivity index (χ4v) is 2.21. The lowest BCUT2D eigenvalue weighted by molar-refractivity contribution is 0.103. The molecular formula is C15H21NO. The Labute approximate surface area is 104 Å². The van der Waals surface area contributed by atoms with Crippen LogP contribution >= 0.6 is 0 Å². The Morgan fingerprint density at radius 2 is 2.12 bits per heavy atom. The molecule has 1 fully saturated rings. The fraction of sp³-hybridized carbons (Fsp3) is 0.467. The summed E-state index contributed by atoms with van der Waals surface area (Å²) in [6.07, 6.45) is 7.75. The molecule has 1 heterocycles. The van der Waals surface area contributed by atoms with Gasteiger partial charge in [0.05, 0.1) is 6.26 Å². The summed E-state index contributed by atoms with van der Waals surface area (Å²) < 4.78 is 5.63. The van der Waals surface area contributed by atoms with Crippen LogP contribution in [0.2, 0.25) is 0 Å². The first-order valence-corrected chi connectivity index (χ1v) is 6.40. The molecule has 0 N–H and O–H groups in total. The number of hydrogen-bond acceptors (Lipinski definition) is 2. The van der Waals surface area contributed by atoms with Crippen molar-refractivity contribution in [3.8, 4) is 0 Å². The van der Waals surface area contributed by atoms with Crippen LogP contribution in [0.1, 0.15) is 24.8 Å². The number of nitrogens with zero attached hydrogens (tertiary/aromatic N) is 1. The van der Waals surface area contributed by atoms with E-state index in [0.29, 0.717) is 6.04 Å². The normalized spacial score (nSPS) is 21.8. The first-order chi connectivity index (χ1) is 8.36. The molecule has 1 saturated heterocycles. The molecule has 0 radical (unpaired) electrons. The molecule has 0 aliphatic carbocycles. The molecule has 92 valence electrons. The third-order valence-electron chi connectivity index (χ3n) is 3.37. The van der Waals surface area contributed by atoms with Gasteiger partial charge in [-0.15, -0.1) is 0 Å². The van der Waals surface area contributed by atoms with E-state index in [4.69, 9.17) is 4.74 Å². The Hall–Kier alpha value is -1.28. The molecular weight excluding hydrogens is 210 g/mol. The second kappa shape index (κ2) is 6.45. The van der Waals surface area contributed by atoms with Crippen LogP contribution in [0.15, 0.2) is 36.6 Å². The van der Waals surface area contributed by atoms with Crippen molar-refractivity contribution >= 4 is 6.08 Å². The highest BCUT2D eigenvalue weighted by molar-refractivity contribution is 5.47. The molecule has 0 amide bonds. The van der Waals surface area contributed by atoms with Gasteiger partial charge in [-0.3, -0.25) is 0 Å². The molecule has 1 aliphatic heterocycles. The van der Waals surface area contributed by atoms with Gasteiger partial charge in [0, 0.05) is 6.04 Å². The molecule has 1 aromatic rings. The molecule has 1 atom stereocenters. The minimum absolute atomic E-state index is 0.587. The van der Waals surface area contributed by atoms with Crippen LogP contribution in [-0.4, -0.2) is 31.1 Å². The third kappa shape index (κ3) is 3.90. The zero-order chi connectivity index (χ0) is 11.9. The van der Waals surface area contributed by atoms with E-state index in [2.05, 4.69) is 24.1 Å². The van der Waals surface area contributed by atoms with E-state index in [-0.39, 0.29) is 0 Å². The molecule has 1 aromatic carbocycles. The van der Waals surface area contributed by atoms with Crippen molar-refractivity contribution in [1.29, 1.82) is 0 Å². The van der Waals surface area contributed by atoms with Crippen LogP contribution in [0.3, 0.4) is 0 Å². The number of rotatable bonds is 4. The molecule has 1 unspecified atom stereocenters. The SMILES string of the molecule is CN1CCCCC1CO/C=C\c1ccccc1. The molecule has 0 saturated carbocycles. The van der Waals surface area contributed by atoms with Crippen molar-refractivity contribution in [3.63, 3.8) is 0 Å². The monoisotopic (exact) mass is 231 g/mol. The molecule has 2 heteroatoms. The van der Waals surface area contributed by atoms with Crippen LogP contribution < -0.4 is 0 Å². The lowest BCUT2D eigenvalue weighted by atomic mass is 10.0. The summed E-state index contributed by atoms with van der Waals surface area (Å²) in [6.45, 7) is 2.01. The average Bonchev–Trinajstić information content (AvgIpc) is 2.38. The fourth-order valence-electron chi connectivity index (χ4n) is 2.21. The van der Waals surface area contributed by atoms with Gasteiger partial charge in [-0.25, -0.2) is 0 Å². The number of ether oxygens (including phenoxy) is 1. The topological polar surface area (TPSA) is 12.5 Å². The highest BCUT2D eigenvalue weighted by Gasteiger charge is 2.18. The minimum atomic E-state index is 0.587. The van der Waals surface area contributed by atoms with Gasteiger partial charge >= 0.3 is 0 Å². The van der Waals surface area contributed by atoms with Gasteiger partial charge in [-0.05, 0) is 38.1 Å². The maximum atomic E-state index is 5.63. The Kier molecular flexibility index (Phi) is 4.63. The quantitative estimate of drug-likeness (QED) is 0.738. The van der Waals surface area contributed by atoms with E-state index in [1.165, 1.54) is 31.4 Å². The van der Waals surface area contributed by atoms with Gasteiger partial charge in [-0.1, -0.05) is 36.8 Å². The lowest BCUT2D eigenvalue weighted by Crippen LogP contribution is -2.39. The summed E-state index contributed by atoms with van der Waals surface area (Å²) in [5, 5.41) is 0. The van der Waals surface area contributed by atoms with E-state index in [1.807, 2.05) is 30.5 Å². The molecule has 0 spiro atoms. The summed E-state index contributed by atoms with van der Waals surface area (Å²) in [5.41, 5.74) is 1.18. The highest BCUT2D eigenvalue weighted by Crippen LogP contribution is 2.15. The van der Waals surface area contributed by atoms with Gasteiger partial charge in [0.15, 0.2) is 0 Å². The number of piperidine rings is 1. The molecule has 0 aromatic heterocycles. The third-order valence-corrected chi connectivity index (χ3v) is 3.37. The number of likely N-dealkylation sites (tertiary alicyclic amines) is 1. The zero-order valence-corrected chi connectivity index (χ0v) is 10.5. The predicted molar refractivity (Wildman–Crippen MR) is 71.7 cm³/mol. The zero-order valence-electron chi connectivity index (χ0n) is 10.5. The summed E-state index contributed by atoms with van der Waals surface area (Å²) in [4.78, 5) is 2.40. The summed E-state index contributed by atoms with van der Waals surface area (Å²) in [7, 11) is 2.19. The lowest BCUT2D eigenvalue weighted by Gasteiger charge is -2.31. The van der Waals surface area contributed by atoms with Gasteiger partial charge in [0.25, 0.3) is 0 Å². The standard InChI is InChI=1S/C15H21NO/c1-16-11-6-5-9-15(16)13-17-12-10-14-7-3-2-4-8-14/h2-4,7-8,10,12,15H,5-6,9,11,13H2,1H3/b12-10-. The van der Waals surface area contributed by atoms with E-state index in [9.17, 15) is 0 Å². The van der Waals surface area contributed by atoms with Crippen molar-refractivity contribution in [2.24, 2.45) is 0 Å². The van der Waals surface area contributed by atoms with Crippen molar-refractivity contribution in [2.45, 2.75) is 25.3 Å². The molecule has 2 rings (SSSR count). The number of hydrogen-bond donors (Lipinski definition) is 0. The van der Waals surface area contributed by atoms with Gasteiger partial charge in [0.1, 0.15) is 6.61 Å². The Morgan fingerprint density at radius 1 is 1.29 bits per heavy atom. The second-order valence-corrected chi connectivity index (χ2v) is 4.68. The summed E-state index contributed by atoms with van der Waals surface area (Å²) in [5.74, 6) is 0. The van der Waals surface area contributed by atoms with Crippen molar-refractivity contribution in [1.82, 2.24) is 4.90 Å². The van der Waals surface area contributed by atoms with Gasteiger partial charge in [-0.2, -0.15) is 0 Å². The van der Waals surface area contributed by atoms with E-state index >= 15 is 0 Å². The van der Waals surface area contributed by atoms with Crippen molar-refractivity contribution in [2.75, 3.05) is 20.2 Å². The Bertz CT molecular complexity index is 347. The highest BCUT2D eigenvalue weighted by atomic mass is 16.5. The summed E-state index contributed by atoms with van der Waals surface area (Å²) in [6, 6.07) is 10.8. The molecule has 1 aliphatic rings. The van der Waals surface area contributed by atoms with Gasteiger partial charge < -0.3 is 9.64 Å². The second-order valence-electron chi connectivity index (χ2n) is 4.68. The van der Waals surface area contributed by atoms with Crippen LogP contribution in [0.25, 0.3) is 6.08 Å². The smallest absolute Gasteiger partial charge is 0.103 e. The predicted octanol–water partition coefficient (Wildman–Crippen LogP) is 3.16. The van der Waals surface area contributed by atoms with Crippen LogP contribution in [0.4, 0.5) is 0 Å². The Balaban J connectivity index is 1.73. The first kappa shape index (κ1) is 12.2.